The van der Waals surface area contributed by atoms with Crippen molar-refractivity contribution in [1.82, 2.24) is 4.98 Å². The molecule has 0 radical (unpaired) electrons. The van der Waals surface area contributed by atoms with Gasteiger partial charge < -0.3 is 19.1 Å². The van der Waals surface area contributed by atoms with Crippen molar-refractivity contribution in [2.24, 2.45) is 5.41 Å². The normalized spacial score (nSPS) is 15.3. The fourth-order valence-corrected chi connectivity index (χ4v) is 4.36. The standard InChI is InChI=1S/C25H25ClF2N2O4/c1-3-33-24(31)25(10-12-30(13-11-25)20-7-4-16(26)14-19(20)28)15-34-21-8-6-18(27)23-17(21)5-9-22(29-23)32-2/h4-9,14H,3,10-13,15H2,1-2H3. The molecule has 1 fully saturated rings. The average Bonchev–Trinajstić information content (AvgIpc) is 2.84. The predicted molar refractivity (Wildman–Crippen MR) is 126 cm³/mol. The van der Waals surface area contributed by atoms with Gasteiger partial charge in [-0.2, -0.15) is 0 Å². The third-order valence-corrected chi connectivity index (χ3v) is 6.37. The molecule has 1 aliphatic heterocycles. The molecule has 2 aromatic carbocycles. The van der Waals surface area contributed by atoms with Crippen molar-refractivity contribution in [2.75, 3.05) is 38.3 Å². The lowest BCUT2D eigenvalue weighted by Crippen LogP contribution is -2.48. The largest absolute Gasteiger partial charge is 0.492 e. The fraction of sp³-hybridized carbons (Fsp3) is 0.360. The summed E-state index contributed by atoms with van der Waals surface area (Å²) in [4.78, 5) is 19.0. The van der Waals surface area contributed by atoms with Crippen LogP contribution in [0.2, 0.25) is 5.02 Å². The molecule has 0 N–H and O–H groups in total. The van der Waals surface area contributed by atoms with Crippen molar-refractivity contribution < 1.29 is 27.8 Å². The predicted octanol–water partition coefficient (Wildman–Crippen LogP) is 5.40. The zero-order valence-electron chi connectivity index (χ0n) is 18.9. The van der Waals surface area contributed by atoms with Gasteiger partial charge in [0, 0.05) is 29.6 Å². The van der Waals surface area contributed by atoms with Crippen LogP contribution in [0.15, 0.2) is 42.5 Å². The Bertz CT molecular complexity index is 1200. The van der Waals surface area contributed by atoms with Gasteiger partial charge in [-0.05, 0) is 56.2 Å². The fourth-order valence-electron chi connectivity index (χ4n) is 4.20. The van der Waals surface area contributed by atoms with Crippen LogP contribution in [-0.2, 0) is 9.53 Å². The summed E-state index contributed by atoms with van der Waals surface area (Å²) in [6.45, 7) is 2.89. The molecule has 6 nitrogen and oxygen atoms in total. The van der Waals surface area contributed by atoms with E-state index in [-0.39, 0.29) is 30.6 Å². The second-order valence-electron chi connectivity index (χ2n) is 8.17. The van der Waals surface area contributed by atoms with E-state index in [1.807, 2.05) is 4.90 Å². The molecule has 1 aromatic heterocycles. The van der Waals surface area contributed by atoms with E-state index < -0.39 is 17.0 Å². The van der Waals surface area contributed by atoms with Crippen molar-refractivity contribution >= 4 is 34.2 Å². The Balaban J connectivity index is 1.56. The highest BCUT2D eigenvalue weighted by molar-refractivity contribution is 6.30. The van der Waals surface area contributed by atoms with E-state index in [4.69, 9.17) is 25.8 Å². The molecule has 1 aliphatic rings. The Morgan fingerprint density at radius 1 is 1.12 bits per heavy atom. The highest BCUT2D eigenvalue weighted by atomic mass is 35.5. The zero-order chi connectivity index (χ0) is 24.3. The number of anilines is 1. The number of halogens is 3. The van der Waals surface area contributed by atoms with E-state index in [2.05, 4.69) is 4.98 Å². The number of benzene rings is 2. The molecule has 0 saturated carbocycles. The maximum Gasteiger partial charge on any atom is 0.315 e. The Morgan fingerprint density at radius 3 is 2.56 bits per heavy atom. The van der Waals surface area contributed by atoms with Crippen LogP contribution in [0.25, 0.3) is 10.9 Å². The molecular formula is C25H25ClF2N2O4. The van der Waals surface area contributed by atoms with Crippen molar-refractivity contribution in [3.8, 4) is 11.6 Å². The summed E-state index contributed by atoms with van der Waals surface area (Å²) in [7, 11) is 1.46. The van der Waals surface area contributed by atoms with Crippen molar-refractivity contribution in [1.29, 1.82) is 0 Å². The topological polar surface area (TPSA) is 60.9 Å². The minimum absolute atomic E-state index is 0.0372. The Hall–Kier alpha value is -3.13. The second kappa shape index (κ2) is 10.0. The van der Waals surface area contributed by atoms with E-state index in [0.717, 1.165) is 0 Å². The summed E-state index contributed by atoms with van der Waals surface area (Å²) < 4.78 is 45.3. The minimum atomic E-state index is -0.921. The van der Waals surface area contributed by atoms with E-state index in [9.17, 15) is 13.6 Å². The van der Waals surface area contributed by atoms with Gasteiger partial charge in [0.05, 0.1) is 19.4 Å². The number of piperidine rings is 1. The maximum atomic E-state index is 14.4. The summed E-state index contributed by atoms with van der Waals surface area (Å²) in [5.41, 5.74) is -0.363. The highest BCUT2D eigenvalue weighted by Gasteiger charge is 2.44. The summed E-state index contributed by atoms with van der Waals surface area (Å²) in [5, 5.41) is 0.798. The number of ether oxygens (including phenoxy) is 3. The van der Waals surface area contributed by atoms with Crippen LogP contribution in [-0.4, -0.2) is 44.4 Å². The number of pyridine rings is 1. The lowest BCUT2D eigenvalue weighted by atomic mass is 9.79. The molecule has 2 heterocycles. The van der Waals surface area contributed by atoms with Gasteiger partial charge >= 0.3 is 5.97 Å². The summed E-state index contributed by atoms with van der Waals surface area (Å²) in [6, 6.07) is 10.6. The van der Waals surface area contributed by atoms with E-state index >= 15 is 0 Å². The number of esters is 1. The Labute approximate surface area is 201 Å². The van der Waals surface area contributed by atoms with Crippen molar-refractivity contribution in [3.63, 3.8) is 0 Å². The monoisotopic (exact) mass is 490 g/mol. The number of rotatable bonds is 7. The molecule has 0 aliphatic carbocycles. The number of carbonyl (C=O) groups is 1. The summed E-state index contributed by atoms with van der Waals surface area (Å²) in [5.74, 6) is -0.583. The van der Waals surface area contributed by atoms with Crippen LogP contribution >= 0.6 is 11.6 Å². The summed E-state index contributed by atoms with van der Waals surface area (Å²) in [6.07, 6.45) is 0.804. The molecule has 180 valence electrons. The van der Waals surface area contributed by atoms with Crippen LogP contribution in [0.5, 0.6) is 11.6 Å². The van der Waals surface area contributed by atoms with Gasteiger partial charge in [0.25, 0.3) is 0 Å². The third-order valence-electron chi connectivity index (χ3n) is 6.13. The van der Waals surface area contributed by atoms with Gasteiger partial charge in [-0.25, -0.2) is 13.8 Å². The van der Waals surface area contributed by atoms with Gasteiger partial charge in [0.2, 0.25) is 5.88 Å². The number of hydrogen-bond donors (Lipinski definition) is 0. The Morgan fingerprint density at radius 2 is 1.88 bits per heavy atom. The number of carbonyl (C=O) groups excluding carboxylic acids is 1. The van der Waals surface area contributed by atoms with Crippen LogP contribution < -0.4 is 14.4 Å². The minimum Gasteiger partial charge on any atom is -0.492 e. The number of hydrogen-bond acceptors (Lipinski definition) is 6. The summed E-state index contributed by atoms with van der Waals surface area (Å²) >= 11 is 5.87. The first-order chi connectivity index (χ1) is 16.4. The molecule has 34 heavy (non-hydrogen) atoms. The van der Waals surface area contributed by atoms with Crippen LogP contribution in [0, 0.1) is 17.0 Å². The van der Waals surface area contributed by atoms with E-state index in [1.54, 1.807) is 31.2 Å². The quantitative estimate of drug-likeness (QED) is 0.413. The second-order valence-corrected chi connectivity index (χ2v) is 8.60. The molecule has 0 atom stereocenters. The molecule has 9 heteroatoms. The van der Waals surface area contributed by atoms with Gasteiger partial charge in [-0.1, -0.05) is 11.6 Å². The molecule has 3 aromatic rings. The van der Waals surface area contributed by atoms with Crippen molar-refractivity contribution in [2.45, 2.75) is 19.8 Å². The molecule has 0 spiro atoms. The van der Waals surface area contributed by atoms with Crippen LogP contribution in [0.1, 0.15) is 19.8 Å². The highest BCUT2D eigenvalue weighted by Crippen LogP contribution is 2.38. The first-order valence-electron chi connectivity index (χ1n) is 11.0. The van der Waals surface area contributed by atoms with Gasteiger partial charge in [0.15, 0.2) is 0 Å². The molecule has 0 unspecified atom stereocenters. The molecule has 0 bridgehead atoms. The number of fused-ring (bicyclic) bond motifs is 1. The molecule has 0 amide bonds. The van der Waals surface area contributed by atoms with Gasteiger partial charge in [0.1, 0.15) is 34.9 Å². The SMILES string of the molecule is CCOC(=O)C1(COc2ccc(F)c3nc(OC)ccc23)CCN(c2ccc(Cl)cc2F)CC1. The first-order valence-corrected chi connectivity index (χ1v) is 11.4. The average molecular weight is 491 g/mol. The van der Waals surface area contributed by atoms with Crippen LogP contribution in [0.3, 0.4) is 0 Å². The Kier molecular flexibility index (Phi) is 7.07. The molecular weight excluding hydrogens is 466 g/mol. The molecule has 1 saturated heterocycles. The number of aromatic nitrogens is 1. The van der Waals surface area contributed by atoms with E-state index in [1.165, 1.54) is 25.3 Å². The smallest absolute Gasteiger partial charge is 0.315 e. The van der Waals surface area contributed by atoms with Gasteiger partial charge in [-0.3, -0.25) is 4.79 Å². The third kappa shape index (κ3) is 4.73. The number of nitrogens with zero attached hydrogens (tertiary/aromatic N) is 2. The van der Waals surface area contributed by atoms with Gasteiger partial charge in [-0.15, -0.1) is 0 Å². The van der Waals surface area contributed by atoms with Crippen LogP contribution in [0.4, 0.5) is 14.5 Å². The zero-order valence-corrected chi connectivity index (χ0v) is 19.7. The lowest BCUT2D eigenvalue weighted by Gasteiger charge is -2.40. The maximum absolute atomic E-state index is 14.4. The number of methoxy groups -OCH3 is 1. The molecule has 4 rings (SSSR count). The van der Waals surface area contributed by atoms with E-state index in [0.29, 0.717) is 47.8 Å². The van der Waals surface area contributed by atoms with Crippen molar-refractivity contribution in [3.05, 3.63) is 59.1 Å². The lowest BCUT2D eigenvalue weighted by molar-refractivity contribution is -0.159. The first kappa shape index (κ1) is 24.0.